The number of aromatic nitrogens is 2. The number of fused-ring (bicyclic) bond motifs is 1. The molecule has 3 unspecified atom stereocenters. The van der Waals surface area contributed by atoms with Gasteiger partial charge in [-0.25, -0.2) is 9.78 Å². The summed E-state index contributed by atoms with van der Waals surface area (Å²) in [6.07, 6.45) is -0.138. The van der Waals surface area contributed by atoms with Gasteiger partial charge in [0.2, 0.25) is 0 Å². The number of rotatable bonds is 14. The summed E-state index contributed by atoms with van der Waals surface area (Å²) in [7, 11) is -4.98. The largest absolute Gasteiger partial charge is 0.489 e. The molecule has 16 nitrogen and oxygen atoms in total. The molecule has 0 saturated carbocycles. The minimum Gasteiger partial charge on any atom is -0.489 e. The Morgan fingerprint density at radius 1 is 1.26 bits per heavy atom. The molecule has 2 saturated heterocycles. The molecule has 2 aliphatic rings. The first-order valence-electron chi connectivity index (χ1n) is 14.2. The van der Waals surface area contributed by atoms with Crippen LogP contribution in [0.15, 0.2) is 40.9 Å². The standard InChI is InChI=1S/C28H32N6O10S2/c1-28(2)19(25(36)34(28)44-46(39,40)41)11-22(35)24(21-14-45-27(29)32-21)33-43-23(26(37)38)13-42-18-5-6-20-16(10-18)3-4-17(31-20)9-15-7-8-30-12-15/h3-6,10,14-15,19,23,30H,7-9,11-13H2,1-2H3,(H2,29,32)(H,37,38)(H,39,40,41)/b33-24-. The van der Waals surface area contributed by atoms with E-state index in [1.165, 1.54) is 19.2 Å². The number of amides is 1. The highest BCUT2D eigenvalue weighted by molar-refractivity contribution is 7.80. The first kappa shape index (κ1) is 33.1. The number of benzene rings is 1. The van der Waals surface area contributed by atoms with Crippen LogP contribution in [0.2, 0.25) is 0 Å². The highest BCUT2D eigenvalue weighted by atomic mass is 32.3. The summed E-state index contributed by atoms with van der Waals surface area (Å²) >= 11 is 0.993. The van der Waals surface area contributed by atoms with E-state index < -0.39 is 64.4 Å². The number of carboxylic acid groups (broad SMARTS) is 1. The zero-order valence-corrected chi connectivity index (χ0v) is 26.4. The van der Waals surface area contributed by atoms with Gasteiger partial charge in [0.1, 0.15) is 18.1 Å². The van der Waals surface area contributed by atoms with Crippen molar-refractivity contribution in [3.05, 3.63) is 47.1 Å². The molecular formula is C28H32N6O10S2. The van der Waals surface area contributed by atoms with Crippen molar-refractivity contribution in [2.45, 2.75) is 44.8 Å². The van der Waals surface area contributed by atoms with Crippen molar-refractivity contribution >= 4 is 61.1 Å². The molecule has 46 heavy (non-hydrogen) atoms. The van der Waals surface area contributed by atoms with Crippen LogP contribution in [0.4, 0.5) is 5.13 Å². The summed E-state index contributed by atoms with van der Waals surface area (Å²) in [5.74, 6) is -3.21. The molecule has 4 heterocycles. The first-order valence-corrected chi connectivity index (χ1v) is 16.4. The Labute approximate surface area is 267 Å². The van der Waals surface area contributed by atoms with Gasteiger partial charge in [0.15, 0.2) is 16.6 Å². The van der Waals surface area contributed by atoms with E-state index in [0.717, 1.165) is 53.9 Å². The number of carbonyl (C=O) groups is 3. The number of nitrogens with one attached hydrogen (secondary N) is 1. The molecule has 0 aliphatic carbocycles. The van der Waals surface area contributed by atoms with Crippen molar-refractivity contribution in [3.8, 4) is 5.75 Å². The fraction of sp³-hybridized carbons (Fsp3) is 0.429. The number of anilines is 1. The average molecular weight is 677 g/mol. The lowest BCUT2D eigenvalue weighted by Gasteiger charge is -2.50. The molecule has 18 heteroatoms. The number of thiazole rings is 1. The van der Waals surface area contributed by atoms with Crippen molar-refractivity contribution in [3.63, 3.8) is 0 Å². The number of β-lactam (4-membered cyclic amide) rings is 1. The van der Waals surface area contributed by atoms with Crippen LogP contribution in [-0.2, 0) is 40.3 Å². The number of oxime groups is 1. The van der Waals surface area contributed by atoms with Crippen molar-refractivity contribution in [1.82, 2.24) is 20.3 Å². The van der Waals surface area contributed by atoms with Gasteiger partial charge in [0.05, 0.1) is 17.0 Å². The zero-order valence-electron chi connectivity index (χ0n) is 24.8. The number of nitrogens with two attached hydrogens (primary N) is 1. The normalized spacial score (nSPS) is 20.4. The van der Waals surface area contributed by atoms with Crippen LogP contribution in [0.25, 0.3) is 10.9 Å². The van der Waals surface area contributed by atoms with Gasteiger partial charge >= 0.3 is 16.4 Å². The minimum atomic E-state index is -4.98. The Morgan fingerprint density at radius 2 is 2.04 bits per heavy atom. The second-order valence-electron chi connectivity index (χ2n) is 11.4. The van der Waals surface area contributed by atoms with Gasteiger partial charge in [-0.05, 0) is 70.0 Å². The number of ketones is 1. The lowest BCUT2D eigenvalue weighted by Crippen LogP contribution is -2.68. The number of carboxylic acids is 1. The number of nitrogen functional groups attached to an aromatic ring is 1. The molecule has 2 aliphatic heterocycles. The predicted molar refractivity (Wildman–Crippen MR) is 164 cm³/mol. The van der Waals surface area contributed by atoms with E-state index in [-0.39, 0.29) is 10.8 Å². The van der Waals surface area contributed by atoms with Crippen LogP contribution in [-0.4, -0.2) is 87.8 Å². The van der Waals surface area contributed by atoms with Gasteiger partial charge in [0, 0.05) is 22.9 Å². The van der Waals surface area contributed by atoms with Gasteiger partial charge in [-0.15, -0.1) is 15.6 Å². The van der Waals surface area contributed by atoms with Crippen molar-refractivity contribution in [1.29, 1.82) is 0 Å². The molecule has 2 fully saturated rings. The van der Waals surface area contributed by atoms with E-state index in [1.807, 2.05) is 12.1 Å². The topological polar surface area (TPSA) is 233 Å². The van der Waals surface area contributed by atoms with Crippen LogP contribution in [0.5, 0.6) is 5.75 Å². The summed E-state index contributed by atoms with van der Waals surface area (Å²) < 4.78 is 41.2. The van der Waals surface area contributed by atoms with Gasteiger partial charge in [-0.1, -0.05) is 11.2 Å². The van der Waals surface area contributed by atoms with Crippen molar-refractivity contribution in [2.75, 3.05) is 25.4 Å². The fourth-order valence-electron chi connectivity index (χ4n) is 5.25. The number of hydrogen-bond donors (Lipinski definition) is 4. The number of Topliss-reactive ketones (excluding diaryl/α,β-unsaturated/α-hetero) is 1. The first-order chi connectivity index (χ1) is 21.7. The number of hydrogen-bond acceptors (Lipinski definition) is 14. The summed E-state index contributed by atoms with van der Waals surface area (Å²) in [4.78, 5) is 51.9. The van der Waals surface area contributed by atoms with Crippen LogP contribution >= 0.6 is 11.3 Å². The predicted octanol–water partition coefficient (Wildman–Crippen LogP) is 1.61. The molecule has 0 bridgehead atoms. The van der Waals surface area contributed by atoms with Gasteiger partial charge in [0.25, 0.3) is 12.0 Å². The number of pyridine rings is 1. The summed E-state index contributed by atoms with van der Waals surface area (Å²) in [5.41, 5.74) is 5.76. The molecule has 0 spiro atoms. The third-order valence-electron chi connectivity index (χ3n) is 7.79. The van der Waals surface area contributed by atoms with Crippen LogP contribution < -0.4 is 15.8 Å². The Balaban J connectivity index is 1.27. The molecule has 5 N–H and O–H groups in total. The summed E-state index contributed by atoms with van der Waals surface area (Å²) in [6, 6.07) is 9.07. The minimum absolute atomic E-state index is 0.0150. The van der Waals surface area contributed by atoms with Gasteiger partial charge in [-0.3, -0.25) is 19.1 Å². The zero-order chi connectivity index (χ0) is 33.2. The summed E-state index contributed by atoms with van der Waals surface area (Å²) in [5, 5.41) is 19.7. The fourth-order valence-corrected chi connectivity index (χ4v) is 6.26. The number of aliphatic carboxylic acids is 1. The van der Waals surface area contributed by atoms with Crippen LogP contribution in [0.1, 0.15) is 38.1 Å². The van der Waals surface area contributed by atoms with Gasteiger partial charge in [-0.2, -0.15) is 13.5 Å². The maximum absolute atomic E-state index is 13.3. The molecule has 2 aromatic heterocycles. The number of hydroxylamine groups is 2. The molecule has 5 rings (SSSR count). The van der Waals surface area contributed by atoms with Crippen molar-refractivity contribution < 1.29 is 46.3 Å². The SMILES string of the molecule is CC1(C)C(CC(=O)/C(=N\OC(COc2ccc3nc(CC4CCNC4)ccc3c2)C(=O)O)c2csc(N)n2)C(=O)N1OS(=O)(=O)O. The van der Waals surface area contributed by atoms with E-state index >= 15 is 0 Å². The lowest BCUT2D eigenvalue weighted by atomic mass is 9.74. The number of ether oxygens (including phenoxy) is 1. The molecule has 246 valence electrons. The average Bonchev–Trinajstić information content (AvgIpc) is 3.67. The van der Waals surface area contributed by atoms with Gasteiger partial charge < -0.3 is 25.7 Å². The van der Waals surface area contributed by atoms with E-state index in [0.29, 0.717) is 16.7 Å². The summed E-state index contributed by atoms with van der Waals surface area (Å²) in [6.45, 7) is 4.38. The van der Waals surface area contributed by atoms with E-state index in [4.69, 9.17) is 24.8 Å². The van der Waals surface area contributed by atoms with E-state index in [9.17, 15) is 27.9 Å². The molecule has 3 aromatic rings. The molecule has 1 aromatic carbocycles. The monoisotopic (exact) mass is 676 g/mol. The second-order valence-corrected chi connectivity index (χ2v) is 13.3. The lowest BCUT2D eigenvalue weighted by molar-refractivity contribution is -0.228. The molecule has 1 amide bonds. The Hall–Kier alpha value is -4.23. The highest BCUT2D eigenvalue weighted by Gasteiger charge is 2.57. The van der Waals surface area contributed by atoms with E-state index in [1.54, 1.807) is 18.2 Å². The number of nitrogens with zero attached hydrogens (tertiary/aromatic N) is 4. The third kappa shape index (κ3) is 7.59. The maximum Gasteiger partial charge on any atom is 0.418 e. The Kier molecular flexibility index (Phi) is 9.54. The number of carbonyl (C=O) groups excluding carboxylic acids is 2. The van der Waals surface area contributed by atoms with E-state index in [2.05, 4.69) is 19.7 Å². The maximum atomic E-state index is 13.3. The third-order valence-corrected chi connectivity index (χ3v) is 8.80. The highest BCUT2D eigenvalue weighted by Crippen LogP contribution is 2.40. The van der Waals surface area contributed by atoms with Crippen LogP contribution in [0, 0.1) is 11.8 Å². The Morgan fingerprint density at radius 3 is 2.67 bits per heavy atom. The second kappa shape index (κ2) is 13.2. The van der Waals surface area contributed by atoms with Crippen molar-refractivity contribution in [2.24, 2.45) is 17.0 Å². The molecule has 0 radical (unpaired) electrons. The molecule has 3 atom stereocenters. The Bertz CT molecular complexity index is 1790. The quantitative estimate of drug-likeness (QED) is 0.0822. The van der Waals surface area contributed by atoms with Crippen LogP contribution in [0.3, 0.4) is 0 Å². The molecular weight excluding hydrogens is 644 g/mol. The smallest absolute Gasteiger partial charge is 0.418 e.